The van der Waals surface area contributed by atoms with E-state index in [9.17, 15) is 4.79 Å². The van der Waals surface area contributed by atoms with E-state index in [4.69, 9.17) is 0 Å². The van der Waals surface area contributed by atoms with E-state index in [1.807, 2.05) is 20.0 Å². The van der Waals surface area contributed by atoms with Crippen molar-refractivity contribution in [3.8, 4) is 0 Å². The molecule has 2 fully saturated rings. The molecule has 5 nitrogen and oxygen atoms in total. The molecule has 2 unspecified atom stereocenters. The van der Waals surface area contributed by atoms with Gasteiger partial charge in [0.05, 0.1) is 0 Å². The molecule has 0 radical (unpaired) electrons. The van der Waals surface area contributed by atoms with Gasteiger partial charge in [0, 0.05) is 37.4 Å². The number of carbonyl (C=O) groups excluding carboxylic acids is 1. The minimum absolute atomic E-state index is 0.0374. The average Bonchev–Trinajstić information content (AvgIpc) is 3.05. The maximum atomic E-state index is 12.5. The van der Waals surface area contributed by atoms with Gasteiger partial charge >= 0.3 is 0 Å². The third-order valence-corrected chi connectivity index (χ3v) is 5.77. The number of nitrogens with zero attached hydrogens (tertiary/aromatic N) is 3. The molecule has 3 heterocycles. The number of nitrogens with one attached hydrogen (secondary N) is 1. The van der Waals surface area contributed by atoms with Crippen LogP contribution in [0.5, 0.6) is 0 Å². The van der Waals surface area contributed by atoms with Crippen molar-refractivity contribution in [3.63, 3.8) is 0 Å². The second kappa shape index (κ2) is 6.64. The van der Waals surface area contributed by atoms with Crippen molar-refractivity contribution in [3.05, 3.63) is 53.3 Å². The topological polar surface area (TPSA) is 50.2 Å². The Morgan fingerprint density at radius 1 is 1.20 bits per heavy atom. The van der Waals surface area contributed by atoms with Gasteiger partial charge in [-0.1, -0.05) is 30.3 Å². The van der Waals surface area contributed by atoms with Gasteiger partial charge in [-0.2, -0.15) is 5.10 Å². The molecular weight excluding hydrogens is 312 g/mol. The average molecular weight is 338 g/mol. The Bertz CT molecular complexity index is 721. The van der Waals surface area contributed by atoms with Crippen LogP contribution in [0.2, 0.25) is 0 Å². The van der Waals surface area contributed by atoms with Crippen LogP contribution in [-0.2, 0) is 13.6 Å². The third-order valence-electron chi connectivity index (χ3n) is 5.77. The number of carbonyl (C=O) groups is 1. The van der Waals surface area contributed by atoms with Gasteiger partial charge in [-0.15, -0.1) is 0 Å². The standard InChI is InChI=1S/C20H26N4O/c1-14-10-19(22-23(14)2)20(25)21-16-11-17-8-9-18(12-16)24(17)13-15-6-4-3-5-7-15/h3-7,10,16-18H,8-9,11-13H2,1-2H3,(H,21,25). The van der Waals surface area contributed by atoms with Crippen LogP contribution in [0.15, 0.2) is 36.4 Å². The van der Waals surface area contributed by atoms with Crippen molar-refractivity contribution in [2.75, 3.05) is 0 Å². The molecule has 2 aliphatic rings. The summed E-state index contributed by atoms with van der Waals surface area (Å²) in [4.78, 5) is 15.1. The Morgan fingerprint density at radius 2 is 1.88 bits per heavy atom. The molecule has 25 heavy (non-hydrogen) atoms. The van der Waals surface area contributed by atoms with E-state index in [0.29, 0.717) is 17.8 Å². The van der Waals surface area contributed by atoms with Crippen LogP contribution in [0.1, 0.15) is 47.4 Å². The number of amides is 1. The fourth-order valence-electron chi connectivity index (χ4n) is 4.38. The summed E-state index contributed by atoms with van der Waals surface area (Å²) in [6.07, 6.45) is 4.57. The zero-order chi connectivity index (χ0) is 17.4. The number of piperidine rings is 1. The largest absolute Gasteiger partial charge is 0.348 e. The van der Waals surface area contributed by atoms with Crippen LogP contribution in [-0.4, -0.2) is 38.7 Å². The van der Waals surface area contributed by atoms with Gasteiger partial charge in [0.2, 0.25) is 0 Å². The number of aromatic nitrogens is 2. The fourth-order valence-corrected chi connectivity index (χ4v) is 4.38. The second-order valence-electron chi connectivity index (χ2n) is 7.48. The molecule has 132 valence electrons. The van der Waals surface area contributed by atoms with E-state index in [1.54, 1.807) is 4.68 Å². The molecule has 2 saturated heterocycles. The molecule has 5 heteroatoms. The third kappa shape index (κ3) is 3.33. The monoisotopic (exact) mass is 338 g/mol. The first kappa shape index (κ1) is 16.3. The Morgan fingerprint density at radius 3 is 2.48 bits per heavy atom. The number of fused-ring (bicyclic) bond motifs is 2. The number of aryl methyl sites for hydroxylation is 2. The molecule has 2 aliphatic heterocycles. The Hall–Kier alpha value is -2.14. The summed E-state index contributed by atoms with van der Waals surface area (Å²) in [6.45, 7) is 2.99. The predicted molar refractivity (Wildman–Crippen MR) is 97.2 cm³/mol. The zero-order valence-corrected chi connectivity index (χ0v) is 15.0. The lowest BCUT2D eigenvalue weighted by atomic mass is 9.96. The number of hydrogen-bond acceptors (Lipinski definition) is 3. The first-order valence-electron chi connectivity index (χ1n) is 9.21. The van der Waals surface area contributed by atoms with E-state index in [2.05, 4.69) is 45.6 Å². The normalized spacial score (nSPS) is 25.9. The Balaban J connectivity index is 1.39. The van der Waals surface area contributed by atoms with E-state index < -0.39 is 0 Å². The minimum Gasteiger partial charge on any atom is -0.348 e. The quantitative estimate of drug-likeness (QED) is 0.932. The van der Waals surface area contributed by atoms with Gasteiger partial charge in [-0.3, -0.25) is 14.4 Å². The minimum atomic E-state index is -0.0374. The summed E-state index contributed by atoms with van der Waals surface area (Å²) in [5, 5.41) is 7.51. The smallest absolute Gasteiger partial charge is 0.272 e. The maximum absolute atomic E-state index is 12.5. The number of hydrogen-bond donors (Lipinski definition) is 1. The summed E-state index contributed by atoms with van der Waals surface area (Å²) in [5.41, 5.74) is 2.91. The Kier molecular flexibility index (Phi) is 4.34. The molecule has 2 aromatic rings. The van der Waals surface area contributed by atoms with E-state index in [0.717, 1.165) is 25.1 Å². The molecule has 0 saturated carbocycles. The maximum Gasteiger partial charge on any atom is 0.272 e. The van der Waals surface area contributed by atoms with Gasteiger partial charge in [0.1, 0.15) is 5.69 Å². The van der Waals surface area contributed by atoms with Crippen LogP contribution in [0.4, 0.5) is 0 Å². The van der Waals surface area contributed by atoms with E-state index >= 15 is 0 Å². The second-order valence-corrected chi connectivity index (χ2v) is 7.48. The molecule has 1 N–H and O–H groups in total. The molecule has 0 aliphatic carbocycles. The molecular formula is C20H26N4O. The summed E-state index contributed by atoms with van der Waals surface area (Å²) in [5.74, 6) is -0.0374. The van der Waals surface area contributed by atoms with Gasteiger partial charge in [-0.05, 0) is 44.2 Å². The molecule has 2 atom stereocenters. The van der Waals surface area contributed by atoms with Crippen molar-refractivity contribution >= 4 is 5.91 Å². The van der Waals surface area contributed by atoms with Crippen molar-refractivity contribution in [1.29, 1.82) is 0 Å². The van der Waals surface area contributed by atoms with E-state index in [-0.39, 0.29) is 11.9 Å². The summed E-state index contributed by atoms with van der Waals surface area (Å²) in [7, 11) is 1.87. The van der Waals surface area contributed by atoms with Crippen molar-refractivity contribution in [2.24, 2.45) is 7.05 Å². The SMILES string of the molecule is Cc1cc(C(=O)NC2CC3CCC(C2)N3Cc2ccccc2)nn1C. The van der Waals surface area contributed by atoms with E-state index in [1.165, 1.54) is 18.4 Å². The number of rotatable bonds is 4. The highest BCUT2D eigenvalue weighted by Crippen LogP contribution is 2.36. The van der Waals surface area contributed by atoms with Crippen LogP contribution in [0, 0.1) is 6.92 Å². The van der Waals surface area contributed by atoms with Crippen LogP contribution >= 0.6 is 0 Å². The van der Waals surface area contributed by atoms with Gasteiger partial charge in [0.25, 0.3) is 5.91 Å². The molecule has 2 bridgehead atoms. The molecule has 1 aromatic heterocycles. The van der Waals surface area contributed by atoms with Gasteiger partial charge < -0.3 is 5.32 Å². The lowest BCUT2D eigenvalue weighted by molar-refractivity contribution is 0.0823. The van der Waals surface area contributed by atoms with Crippen LogP contribution < -0.4 is 5.32 Å². The van der Waals surface area contributed by atoms with Crippen molar-refractivity contribution < 1.29 is 4.79 Å². The first-order valence-corrected chi connectivity index (χ1v) is 9.21. The van der Waals surface area contributed by atoms with Gasteiger partial charge in [-0.25, -0.2) is 0 Å². The lowest BCUT2D eigenvalue weighted by Crippen LogP contribution is -2.50. The fraction of sp³-hybridized carbons (Fsp3) is 0.500. The first-order chi connectivity index (χ1) is 12.1. The highest BCUT2D eigenvalue weighted by molar-refractivity contribution is 5.92. The van der Waals surface area contributed by atoms with Crippen molar-refractivity contribution in [1.82, 2.24) is 20.0 Å². The molecule has 0 spiro atoms. The predicted octanol–water partition coefficient (Wildman–Crippen LogP) is 2.65. The van der Waals surface area contributed by atoms with Gasteiger partial charge in [0.15, 0.2) is 0 Å². The number of benzene rings is 1. The summed E-state index contributed by atoms with van der Waals surface area (Å²) in [6, 6.07) is 14.0. The molecule has 1 amide bonds. The highest BCUT2D eigenvalue weighted by Gasteiger charge is 2.41. The zero-order valence-electron chi connectivity index (χ0n) is 15.0. The summed E-state index contributed by atoms with van der Waals surface area (Å²) >= 11 is 0. The van der Waals surface area contributed by atoms with Crippen LogP contribution in [0.25, 0.3) is 0 Å². The molecule has 4 rings (SSSR count). The van der Waals surface area contributed by atoms with Crippen LogP contribution in [0.3, 0.4) is 0 Å². The lowest BCUT2D eigenvalue weighted by Gasteiger charge is -2.39. The summed E-state index contributed by atoms with van der Waals surface area (Å²) < 4.78 is 1.75. The Labute approximate surface area is 149 Å². The molecule has 1 aromatic carbocycles. The highest BCUT2D eigenvalue weighted by atomic mass is 16.2. The van der Waals surface area contributed by atoms with Crippen molar-refractivity contribution in [2.45, 2.75) is 57.3 Å².